The fraction of sp³-hybridized carbons (Fsp3) is 0.381. The summed E-state index contributed by atoms with van der Waals surface area (Å²) < 4.78 is 11.4. The monoisotopic (exact) mass is 368 g/mol. The number of fused-ring (bicyclic) bond motifs is 1. The van der Waals surface area contributed by atoms with E-state index in [1.807, 2.05) is 18.2 Å². The third kappa shape index (κ3) is 5.62. The summed E-state index contributed by atoms with van der Waals surface area (Å²) in [5, 5.41) is 6.65. The fourth-order valence-corrected chi connectivity index (χ4v) is 2.87. The fourth-order valence-electron chi connectivity index (χ4n) is 2.87. The van der Waals surface area contributed by atoms with Crippen LogP contribution in [0.15, 0.2) is 47.5 Å². The zero-order valence-electron chi connectivity index (χ0n) is 16.3. The van der Waals surface area contributed by atoms with Crippen LogP contribution in [0.25, 0.3) is 0 Å². The second kappa shape index (κ2) is 9.28. The van der Waals surface area contributed by atoms with Crippen LogP contribution in [-0.2, 0) is 13.1 Å². The van der Waals surface area contributed by atoms with Gasteiger partial charge in [-0.15, -0.1) is 0 Å². The summed E-state index contributed by atoms with van der Waals surface area (Å²) >= 11 is 0. The molecule has 2 aromatic rings. The third-order valence-corrected chi connectivity index (χ3v) is 4.22. The van der Waals surface area contributed by atoms with Gasteiger partial charge in [-0.25, -0.2) is 0 Å². The van der Waals surface area contributed by atoms with Gasteiger partial charge in [0, 0.05) is 38.3 Å². The Kier molecular flexibility index (Phi) is 6.54. The van der Waals surface area contributed by atoms with E-state index >= 15 is 0 Å². The van der Waals surface area contributed by atoms with Gasteiger partial charge in [-0.1, -0.05) is 24.3 Å². The highest BCUT2D eigenvalue weighted by atomic mass is 16.5. The minimum Gasteiger partial charge on any atom is -0.490 e. The number of hydrogen-bond donors (Lipinski definition) is 2. The SMILES string of the molecule is CN=C(NCc1ccc(CN(C)C)cc1)Nc1ccc2c(c1)OCCCO2. The van der Waals surface area contributed by atoms with E-state index in [2.05, 4.69) is 58.9 Å². The lowest BCUT2D eigenvalue weighted by Crippen LogP contribution is -2.30. The highest BCUT2D eigenvalue weighted by molar-refractivity contribution is 5.93. The maximum absolute atomic E-state index is 5.74. The van der Waals surface area contributed by atoms with Crippen LogP contribution in [0, 0.1) is 0 Å². The van der Waals surface area contributed by atoms with E-state index < -0.39 is 0 Å². The largest absolute Gasteiger partial charge is 0.490 e. The highest BCUT2D eigenvalue weighted by Gasteiger charge is 2.11. The average Bonchev–Trinajstić information content (AvgIpc) is 2.90. The van der Waals surface area contributed by atoms with E-state index in [0.717, 1.165) is 30.2 Å². The van der Waals surface area contributed by atoms with Gasteiger partial charge >= 0.3 is 0 Å². The molecule has 3 rings (SSSR count). The molecule has 0 aromatic heterocycles. The van der Waals surface area contributed by atoms with Crippen molar-refractivity contribution in [1.29, 1.82) is 0 Å². The van der Waals surface area contributed by atoms with Crippen molar-refractivity contribution < 1.29 is 9.47 Å². The Balaban J connectivity index is 1.57. The first kappa shape index (κ1) is 19.0. The Morgan fingerprint density at radius 1 is 1.00 bits per heavy atom. The van der Waals surface area contributed by atoms with Gasteiger partial charge in [0.25, 0.3) is 0 Å². The van der Waals surface area contributed by atoms with Crippen molar-refractivity contribution in [2.45, 2.75) is 19.5 Å². The predicted octanol–water partition coefficient (Wildman–Crippen LogP) is 3.10. The van der Waals surface area contributed by atoms with Gasteiger partial charge in [0.05, 0.1) is 13.2 Å². The molecule has 0 saturated heterocycles. The molecule has 1 aliphatic rings. The first-order chi connectivity index (χ1) is 13.1. The molecule has 27 heavy (non-hydrogen) atoms. The van der Waals surface area contributed by atoms with Crippen LogP contribution in [0.3, 0.4) is 0 Å². The number of rotatable bonds is 5. The van der Waals surface area contributed by atoms with Crippen molar-refractivity contribution >= 4 is 11.6 Å². The molecule has 1 aliphatic heterocycles. The number of nitrogens with zero attached hydrogens (tertiary/aromatic N) is 2. The summed E-state index contributed by atoms with van der Waals surface area (Å²) in [6.07, 6.45) is 0.897. The Labute approximate surface area is 161 Å². The number of nitrogens with one attached hydrogen (secondary N) is 2. The maximum atomic E-state index is 5.74. The Morgan fingerprint density at radius 2 is 1.70 bits per heavy atom. The van der Waals surface area contributed by atoms with Crippen molar-refractivity contribution in [3.63, 3.8) is 0 Å². The summed E-state index contributed by atoms with van der Waals surface area (Å²) in [5.41, 5.74) is 3.42. The van der Waals surface area contributed by atoms with Crippen LogP contribution in [-0.4, -0.2) is 45.2 Å². The van der Waals surface area contributed by atoms with E-state index in [1.54, 1.807) is 7.05 Å². The van der Waals surface area contributed by atoms with Gasteiger partial charge in [-0.2, -0.15) is 0 Å². The molecule has 0 amide bonds. The lowest BCUT2D eigenvalue weighted by molar-refractivity contribution is 0.297. The topological polar surface area (TPSA) is 58.1 Å². The van der Waals surface area contributed by atoms with Gasteiger partial charge < -0.3 is 25.0 Å². The van der Waals surface area contributed by atoms with Crippen LogP contribution in [0.4, 0.5) is 5.69 Å². The zero-order valence-corrected chi connectivity index (χ0v) is 16.3. The molecule has 0 fully saturated rings. The molecular weight excluding hydrogens is 340 g/mol. The molecule has 0 radical (unpaired) electrons. The molecule has 1 heterocycles. The number of aliphatic imine (C=N–C) groups is 1. The van der Waals surface area contributed by atoms with Crippen LogP contribution in [0.5, 0.6) is 11.5 Å². The van der Waals surface area contributed by atoms with E-state index in [-0.39, 0.29) is 0 Å². The van der Waals surface area contributed by atoms with Crippen molar-refractivity contribution in [3.8, 4) is 11.5 Å². The number of guanidine groups is 1. The number of benzene rings is 2. The maximum Gasteiger partial charge on any atom is 0.195 e. The quantitative estimate of drug-likeness (QED) is 0.627. The van der Waals surface area contributed by atoms with Crippen LogP contribution < -0.4 is 20.1 Å². The van der Waals surface area contributed by atoms with Crippen molar-refractivity contribution in [3.05, 3.63) is 53.6 Å². The second-order valence-corrected chi connectivity index (χ2v) is 6.82. The van der Waals surface area contributed by atoms with Gasteiger partial charge in [-0.05, 0) is 37.4 Å². The predicted molar refractivity (Wildman–Crippen MR) is 110 cm³/mol. The molecule has 0 bridgehead atoms. The molecule has 0 spiro atoms. The highest BCUT2D eigenvalue weighted by Crippen LogP contribution is 2.32. The average molecular weight is 368 g/mol. The van der Waals surface area contributed by atoms with Gasteiger partial charge in [0.1, 0.15) is 0 Å². The summed E-state index contributed by atoms with van der Waals surface area (Å²) in [5.74, 6) is 2.27. The summed E-state index contributed by atoms with van der Waals surface area (Å²) in [7, 11) is 5.91. The minimum absolute atomic E-state index is 0.674. The molecule has 6 heteroatoms. The van der Waals surface area contributed by atoms with E-state index in [9.17, 15) is 0 Å². The van der Waals surface area contributed by atoms with Gasteiger partial charge in [0.2, 0.25) is 0 Å². The van der Waals surface area contributed by atoms with Crippen LogP contribution >= 0.6 is 0 Å². The van der Waals surface area contributed by atoms with Gasteiger partial charge in [-0.3, -0.25) is 4.99 Å². The zero-order chi connectivity index (χ0) is 19.1. The van der Waals surface area contributed by atoms with Crippen molar-refractivity contribution in [1.82, 2.24) is 10.2 Å². The standard InChI is InChI=1S/C21H28N4O2/c1-22-21(23-14-16-5-7-17(8-6-16)15-25(2)3)24-18-9-10-19-20(13-18)27-12-4-11-26-19/h5-10,13H,4,11-12,14-15H2,1-3H3,(H2,22,23,24). The molecule has 0 atom stereocenters. The minimum atomic E-state index is 0.674. The Bertz CT molecular complexity index is 772. The second-order valence-electron chi connectivity index (χ2n) is 6.82. The molecular formula is C21H28N4O2. The molecule has 0 unspecified atom stereocenters. The van der Waals surface area contributed by atoms with E-state index in [1.165, 1.54) is 11.1 Å². The van der Waals surface area contributed by atoms with Crippen molar-refractivity contribution in [2.75, 3.05) is 39.7 Å². The van der Waals surface area contributed by atoms with E-state index in [4.69, 9.17) is 9.47 Å². The molecule has 6 nitrogen and oxygen atoms in total. The molecule has 0 aliphatic carbocycles. The summed E-state index contributed by atoms with van der Waals surface area (Å²) in [6.45, 7) is 3.01. The smallest absolute Gasteiger partial charge is 0.195 e. The van der Waals surface area contributed by atoms with Gasteiger partial charge in [0.15, 0.2) is 17.5 Å². The van der Waals surface area contributed by atoms with Crippen LogP contribution in [0.1, 0.15) is 17.5 Å². The van der Waals surface area contributed by atoms with E-state index in [0.29, 0.717) is 25.7 Å². The Hall–Kier alpha value is -2.73. The molecule has 2 aromatic carbocycles. The normalized spacial score (nSPS) is 14.0. The number of ether oxygens (including phenoxy) is 2. The lowest BCUT2D eigenvalue weighted by atomic mass is 10.1. The Morgan fingerprint density at radius 3 is 2.41 bits per heavy atom. The number of anilines is 1. The van der Waals surface area contributed by atoms with Crippen LogP contribution in [0.2, 0.25) is 0 Å². The lowest BCUT2D eigenvalue weighted by Gasteiger charge is -2.14. The summed E-state index contributed by atoms with van der Waals surface area (Å²) in [4.78, 5) is 6.46. The number of hydrogen-bond acceptors (Lipinski definition) is 4. The first-order valence-electron chi connectivity index (χ1n) is 9.24. The summed E-state index contributed by atoms with van der Waals surface area (Å²) in [6, 6.07) is 14.5. The van der Waals surface area contributed by atoms with Crippen molar-refractivity contribution in [2.24, 2.45) is 4.99 Å². The first-order valence-corrected chi connectivity index (χ1v) is 9.24. The molecule has 0 saturated carbocycles. The molecule has 144 valence electrons. The third-order valence-electron chi connectivity index (χ3n) is 4.22. The molecule has 2 N–H and O–H groups in total.